The van der Waals surface area contributed by atoms with E-state index in [0.29, 0.717) is 5.58 Å². The van der Waals surface area contributed by atoms with Crippen molar-refractivity contribution in [3.05, 3.63) is 69.5 Å². The predicted octanol–water partition coefficient (Wildman–Crippen LogP) is 2.35. The van der Waals surface area contributed by atoms with Crippen LogP contribution in [-0.4, -0.2) is 14.3 Å². The molecule has 2 aromatic carbocycles. The number of anilines is 1. The SMILES string of the molecule is NS(=O)(=O)c1ccc(NC(=O)c2coc3ccccc3c2=O)c(Cl)c1. The molecule has 1 heterocycles. The quantitative estimate of drug-likeness (QED) is 0.724. The van der Waals surface area contributed by atoms with Crippen LogP contribution in [0.15, 0.2) is 62.8 Å². The fourth-order valence-corrected chi connectivity index (χ4v) is 3.03. The molecule has 3 aromatic rings. The third-order valence-corrected chi connectivity index (χ3v) is 4.67. The van der Waals surface area contributed by atoms with Crippen LogP contribution in [0.25, 0.3) is 11.0 Å². The first-order chi connectivity index (χ1) is 11.8. The second kappa shape index (κ2) is 6.32. The van der Waals surface area contributed by atoms with Crippen molar-refractivity contribution < 1.29 is 17.6 Å². The van der Waals surface area contributed by atoms with Gasteiger partial charge in [-0.15, -0.1) is 0 Å². The first kappa shape index (κ1) is 17.2. The number of amides is 1. The predicted molar refractivity (Wildman–Crippen MR) is 93.3 cm³/mol. The Kier molecular flexibility index (Phi) is 4.34. The Morgan fingerprint density at radius 3 is 2.56 bits per heavy atom. The number of primary sulfonamides is 1. The zero-order valence-corrected chi connectivity index (χ0v) is 14.1. The number of fused-ring (bicyclic) bond motifs is 1. The lowest BCUT2D eigenvalue weighted by Crippen LogP contribution is -2.21. The molecule has 0 fully saturated rings. The van der Waals surface area contributed by atoms with Crippen LogP contribution in [0.2, 0.25) is 5.02 Å². The molecule has 0 aliphatic heterocycles. The molecule has 128 valence electrons. The molecule has 3 N–H and O–H groups in total. The number of nitrogens with two attached hydrogens (primary N) is 1. The highest BCUT2D eigenvalue weighted by Crippen LogP contribution is 2.25. The average molecular weight is 379 g/mol. The van der Waals surface area contributed by atoms with E-state index < -0.39 is 21.4 Å². The number of nitrogens with one attached hydrogen (secondary N) is 1. The van der Waals surface area contributed by atoms with E-state index in [-0.39, 0.29) is 26.6 Å². The van der Waals surface area contributed by atoms with E-state index in [1.165, 1.54) is 12.1 Å². The van der Waals surface area contributed by atoms with Crippen LogP contribution >= 0.6 is 11.6 Å². The summed E-state index contributed by atoms with van der Waals surface area (Å²) in [6.07, 6.45) is 1.06. The number of carbonyl (C=O) groups excluding carboxylic acids is 1. The summed E-state index contributed by atoms with van der Waals surface area (Å²) in [5.41, 5.74) is -0.201. The van der Waals surface area contributed by atoms with Crippen molar-refractivity contribution >= 4 is 44.2 Å². The highest BCUT2D eigenvalue weighted by atomic mass is 35.5. The van der Waals surface area contributed by atoms with Gasteiger partial charge in [-0.25, -0.2) is 13.6 Å². The van der Waals surface area contributed by atoms with Crippen molar-refractivity contribution in [3.8, 4) is 0 Å². The van der Waals surface area contributed by atoms with Crippen LogP contribution in [0.3, 0.4) is 0 Å². The first-order valence-electron chi connectivity index (χ1n) is 6.91. The molecular formula is C16H11ClN2O5S. The lowest BCUT2D eigenvalue weighted by molar-refractivity contribution is 0.102. The molecule has 0 spiro atoms. The molecule has 25 heavy (non-hydrogen) atoms. The van der Waals surface area contributed by atoms with Gasteiger partial charge in [0.25, 0.3) is 5.91 Å². The number of para-hydroxylation sites is 1. The molecule has 1 amide bonds. The molecule has 0 aliphatic rings. The summed E-state index contributed by atoms with van der Waals surface area (Å²) >= 11 is 5.97. The molecule has 0 bridgehead atoms. The summed E-state index contributed by atoms with van der Waals surface area (Å²) in [5.74, 6) is -0.732. The average Bonchev–Trinajstić information content (AvgIpc) is 2.56. The Morgan fingerprint density at radius 1 is 1.16 bits per heavy atom. The van der Waals surface area contributed by atoms with E-state index in [2.05, 4.69) is 5.32 Å². The van der Waals surface area contributed by atoms with Gasteiger partial charge in [-0.2, -0.15) is 0 Å². The van der Waals surface area contributed by atoms with Crippen molar-refractivity contribution in [2.24, 2.45) is 5.14 Å². The van der Waals surface area contributed by atoms with E-state index in [4.69, 9.17) is 21.2 Å². The lowest BCUT2D eigenvalue weighted by Gasteiger charge is -2.08. The van der Waals surface area contributed by atoms with Crippen LogP contribution in [0, 0.1) is 0 Å². The molecule has 3 rings (SSSR count). The molecule has 0 saturated carbocycles. The Balaban J connectivity index is 1.96. The normalized spacial score (nSPS) is 11.4. The largest absolute Gasteiger partial charge is 0.463 e. The van der Waals surface area contributed by atoms with Crippen molar-refractivity contribution in [2.45, 2.75) is 4.90 Å². The van der Waals surface area contributed by atoms with Gasteiger partial charge in [-0.1, -0.05) is 23.7 Å². The molecule has 1 aromatic heterocycles. The van der Waals surface area contributed by atoms with Gasteiger partial charge in [-0.3, -0.25) is 9.59 Å². The van der Waals surface area contributed by atoms with Crippen LogP contribution < -0.4 is 15.9 Å². The highest BCUT2D eigenvalue weighted by molar-refractivity contribution is 7.89. The summed E-state index contributed by atoms with van der Waals surface area (Å²) < 4.78 is 27.9. The third-order valence-electron chi connectivity index (χ3n) is 3.44. The van der Waals surface area contributed by atoms with Gasteiger partial charge in [-0.05, 0) is 30.3 Å². The Morgan fingerprint density at radius 2 is 1.88 bits per heavy atom. The minimum Gasteiger partial charge on any atom is -0.463 e. The zero-order valence-electron chi connectivity index (χ0n) is 12.5. The standard InChI is InChI=1S/C16H11ClN2O5S/c17-12-7-9(25(18,22)23)5-6-13(12)19-16(21)11-8-24-14-4-2-1-3-10(14)15(11)20/h1-8H,(H,19,21)(H2,18,22,23). The number of sulfonamides is 1. The fourth-order valence-electron chi connectivity index (χ4n) is 2.20. The number of hydrogen-bond donors (Lipinski definition) is 2. The molecule has 0 saturated heterocycles. The van der Waals surface area contributed by atoms with Crippen LogP contribution in [-0.2, 0) is 10.0 Å². The van der Waals surface area contributed by atoms with Crippen LogP contribution in [0.4, 0.5) is 5.69 Å². The van der Waals surface area contributed by atoms with Crippen molar-refractivity contribution in [1.29, 1.82) is 0 Å². The topological polar surface area (TPSA) is 119 Å². The minimum atomic E-state index is -3.92. The fraction of sp³-hybridized carbons (Fsp3) is 0. The monoisotopic (exact) mass is 378 g/mol. The summed E-state index contributed by atoms with van der Waals surface area (Å²) in [5, 5.41) is 7.69. The van der Waals surface area contributed by atoms with Gasteiger partial charge in [0.05, 0.1) is 21.0 Å². The second-order valence-corrected chi connectivity index (χ2v) is 7.08. The zero-order chi connectivity index (χ0) is 18.2. The third kappa shape index (κ3) is 3.41. The molecule has 0 atom stereocenters. The number of rotatable bonds is 3. The smallest absolute Gasteiger partial charge is 0.262 e. The van der Waals surface area contributed by atoms with E-state index >= 15 is 0 Å². The second-order valence-electron chi connectivity index (χ2n) is 5.12. The molecule has 7 nitrogen and oxygen atoms in total. The van der Waals surface area contributed by atoms with Crippen molar-refractivity contribution in [1.82, 2.24) is 0 Å². The summed E-state index contributed by atoms with van der Waals surface area (Å²) in [7, 11) is -3.92. The van der Waals surface area contributed by atoms with E-state index in [0.717, 1.165) is 12.3 Å². The van der Waals surface area contributed by atoms with Gasteiger partial charge >= 0.3 is 0 Å². The molecule has 9 heteroatoms. The minimum absolute atomic E-state index is 0.0370. The number of halogens is 1. The van der Waals surface area contributed by atoms with E-state index in [1.54, 1.807) is 24.3 Å². The number of benzene rings is 2. The number of carbonyl (C=O) groups is 1. The molecule has 0 aliphatic carbocycles. The maximum Gasteiger partial charge on any atom is 0.262 e. The Labute approximate surface area is 147 Å². The summed E-state index contributed by atoms with van der Waals surface area (Å²) in [4.78, 5) is 24.5. The summed E-state index contributed by atoms with van der Waals surface area (Å²) in [6.45, 7) is 0. The molecule has 0 radical (unpaired) electrons. The maximum absolute atomic E-state index is 12.4. The lowest BCUT2D eigenvalue weighted by atomic mass is 10.1. The van der Waals surface area contributed by atoms with Crippen LogP contribution in [0.1, 0.15) is 10.4 Å². The van der Waals surface area contributed by atoms with Gasteiger partial charge < -0.3 is 9.73 Å². The van der Waals surface area contributed by atoms with Crippen molar-refractivity contribution in [3.63, 3.8) is 0 Å². The molecule has 0 unspecified atom stereocenters. The Bertz CT molecular complexity index is 1150. The van der Waals surface area contributed by atoms with Gasteiger partial charge in [0.1, 0.15) is 17.4 Å². The van der Waals surface area contributed by atoms with Crippen molar-refractivity contribution in [2.75, 3.05) is 5.32 Å². The summed E-state index contributed by atoms with van der Waals surface area (Å²) in [6, 6.07) is 10.1. The van der Waals surface area contributed by atoms with Crippen LogP contribution in [0.5, 0.6) is 0 Å². The van der Waals surface area contributed by atoms with Gasteiger partial charge in [0.15, 0.2) is 0 Å². The van der Waals surface area contributed by atoms with E-state index in [1.807, 2.05) is 0 Å². The molecular weight excluding hydrogens is 368 g/mol. The Hall–Kier alpha value is -2.68. The number of hydrogen-bond acceptors (Lipinski definition) is 5. The van der Waals surface area contributed by atoms with Gasteiger partial charge in [0.2, 0.25) is 15.5 Å². The first-order valence-corrected chi connectivity index (χ1v) is 8.84. The van der Waals surface area contributed by atoms with E-state index in [9.17, 15) is 18.0 Å². The maximum atomic E-state index is 12.4. The van der Waals surface area contributed by atoms with Gasteiger partial charge in [0, 0.05) is 0 Å². The highest BCUT2D eigenvalue weighted by Gasteiger charge is 2.17.